The first-order valence-corrected chi connectivity index (χ1v) is 9.15. The fourth-order valence-corrected chi connectivity index (χ4v) is 5.85. The summed E-state index contributed by atoms with van der Waals surface area (Å²) in [5, 5.41) is 0.0765. The van der Waals surface area contributed by atoms with Gasteiger partial charge in [0.15, 0.2) is 9.84 Å². The minimum Gasteiger partial charge on any atom is -0.256 e. The smallest absolute Gasteiger partial charge is 0.159 e. The predicted octanol–water partition coefficient (Wildman–Crippen LogP) is 3.50. The van der Waals surface area contributed by atoms with Gasteiger partial charge in [0.25, 0.3) is 0 Å². The van der Waals surface area contributed by atoms with Gasteiger partial charge in [0.1, 0.15) is 5.82 Å². The normalized spacial score (nSPS) is 26.7. The first-order valence-electron chi connectivity index (χ1n) is 7.54. The van der Waals surface area contributed by atoms with E-state index in [1.54, 1.807) is 18.3 Å². The summed E-state index contributed by atoms with van der Waals surface area (Å²) in [6.45, 7) is 0. The van der Waals surface area contributed by atoms with E-state index < -0.39 is 15.1 Å². The van der Waals surface area contributed by atoms with Crippen molar-refractivity contribution in [1.29, 1.82) is 0 Å². The first-order chi connectivity index (χ1) is 10.6. The number of pyridine rings is 1. The summed E-state index contributed by atoms with van der Waals surface area (Å²) in [4.78, 5) is 4.15. The molecule has 1 fully saturated rings. The largest absolute Gasteiger partial charge is 0.256 e. The Hall–Kier alpha value is -1.75. The van der Waals surface area contributed by atoms with Gasteiger partial charge in [-0.25, -0.2) is 12.8 Å². The van der Waals surface area contributed by atoms with Crippen LogP contribution >= 0.6 is 0 Å². The quantitative estimate of drug-likeness (QED) is 0.809. The van der Waals surface area contributed by atoms with E-state index in [1.807, 2.05) is 12.1 Å². The van der Waals surface area contributed by atoms with Crippen molar-refractivity contribution in [3.8, 4) is 0 Å². The van der Waals surface area contributed by atoms with Crippen LogP contribution in [-0.2, 0) is 9.84 Å². The molecule has 2 aliphatic rings. The summed E-state index contributed by atoms with van der Waals surface area (Å²) in [6, 6.07) is 6.94. The van der Waals surface area contributed by atoms with Gasteiger partial charge in [-0.1, -0.05) is 18.6 Å². The molecular weight excluding hydrogens is 301 g/mol. The minimum atomic E-state index is -3.07. The summed E-state index contributed by atoms with van der Waals surface area (Å²) in [5.74, 6) is -0.324. The van der Waals surface area contributed by atoms with Crippen LogP contribution in [-0.4, -0.2) is 23.9 Å². The summed E-state index contributed by atoms with van der Waals surface area (Å²) in [7, 11) is -3.07. The number of halogens is 1. The monoisotopic (exact) mass is 317 g/mol. The van der Waals surface area contributed by atoms with Crippen molar-refractivity contribution in [3.05, 3.63) is 47.9 Å². The third-order valence-corrected chi connectivity index (χ3v) is 7.32. The van der Waals surface area contributed by atoms with Gasteiger partial charge < -0.3 is 0 Å². The second-order valence-corrected chi connectivity index (χ2v) is 8.55. The highest BCUT2D eigenvalue weighted by molar-refractivity contribution is 7.93. The van der Waals surface area contributed by atoms with Crippen molar-refractivity contribution >= 4 is 26.3 Å². The van der Waals surface area contributed by atoms with E-state index >= 15 is 0 Å². The zero-order chi connectivity index (χ0) is 15.3. The molecule has 2 unspecified atom stereocenters. The van der Waals surface area contributed by atoms with Crippen molar-refractivity contribution < 1.29 is 12.8 Å². The van der Waals surface area contributed by atoms with E-state index in [4.69, 9.17) is 0 Å². The molecule has 0 saturated carbocycles. The van der Waals surface area contributed by atoms with Crippen LogP contribution < -0.4 is 0 Å². The molecule has 0 N–H and O–H groups in total. The second kappa shape index (κ2) is 4.88. The fourth-order valence-electron chi connectivity index (χ4n) is 3.60. The molecule has 2 bridgehead atoms. The van der Waals surface area contributed by atoms with E-state index in [0.29, 0.717) is 30.3 Å². The topological polar surface area (TPSA) is 47.0 Å². The molecule has 0 aliphatic carbocycles. The summed E-state index contributed by atoms with van der Waals surface area (Å²) in [5.41, 5.74) is 1.97. The Morgan fingerprint density at radius 1 is 1.23 bits per heavy atom. The lowest BCUT2D eigenvalue weighted by molar-refractivity contribution is 0.517. The van der Waals surface area contributed by atoms with Gasteiger partial charge in [-0.15, -0.1) is 0 Å². The molecule has 5 heteroatoms. The number of aromatic nitrogens is 1. The highest BCUT2D eigenvalue weighted by atomic mass is 32.2. The number of hydrogen-bond donors (Lipinski definition) is 0. The number of fused-ring (bicyclic) bond motifs is 3. The van der Waals surface area contributed by atoms with Crippen molar-refractivity contribution in [2.75, 3.05) is 0 Å². The molecule has 3 heterocycles. The van der Waals surface area contributed by atoms with Crippen LogP contribution in [0.3, 0.4) is 0 Å². The van der Waals surface area contributed by atoms with E-state index in [-0.39, 0.29) is 11.1 Å². The lowest BCUT2D eigenvalue weighted by atomic mass is 9.92. The number of benzene rings is 1. The average Bonchev–Trinajstić information content (AvgIpc) is 2.45. The zero-order valence-electron chi connectivity index (χ0n) is 12.0. The molecular formula is C17H16FNO2S. The van der Waals surface area contributed by atoms with Gasteiger partial charge in [0.2, 0.25) is 0 Å². The van der Waals surface area contributed by atoms with E-state index in [2.05, 4.69) is 4.98 Å². The Labute approximate surface area is 128 Å². The molecule has 0 spiro atoms. The maximum absolute atomic E-state index is 14.4. The molecule has 1 aromatic heterocycles. The molecule has 114 valence electrons. The van der Waals surface area contributed by atoms with Crippen molar-refractivity contribution in [2.45, 2.75) is 36.2 Å². The number of rotatable bonds is 1. The highest BCUT2D eigenvalue weighted by Crippen LogP contribution is 2.40. The zero-order valence-corrected chi connectivity index (χ0v) is 12.8. The second-order valence-electron chi connectivity index (χ2n) is 6.10. The van der Waals surface area contributed by atoms with Crippen LogP contribution in [0.4, 0.5) is 4.39 Å². The highest BCUT2D eigenvalue weighted by Gasteiger charge is 2.40. The standard InChI is InChI=1S/C17H16FNO2S/c18-16-10-17-11(3-2-6-19-17)9-15(16)12-7-13-4-1-5-14(8-12)22(13,20)21/h2-3,6-7,9-10,13-14H,1,4-5,8H2. The molecule has 1 saturated heterocycles. The first kappa shape index (κ1) is 13.9. The Balaban J connectivity index is 1.86. The molecule has 2 aromatic rings. The van der Waals surface area contributed by atoms with Crippen LogP contribution in [0.5, 0.6) is 0 Å². The Morgan fingerprint density at radius 3 is 2.91 bits per heavy atom. The predicted molar refractivity (Wildman–Crippen MR) is 84.6 cm³/mol. The van der Waals surface area contributed by atoms with Gasteiger partial charge in [-0.3, -0.25) is 4.98 Å². The van der Waals surface area contributed by atoms with Gasteiger partial charge >= 0.3 is 0 Å². The average molecular weight is 317 g/mol. The lowest BCUT2D eigenvalue weighted by Crippen LogP contribution is -2.38. The van der Waals surface area contributed by atoms with E-state index in [0.717, 1.165) is 17.4 Å². The number of sulfone groups is 1. The van der Waals surface area contributed by atoms with Crippen LogP contribution in [0.15, 0.2) is 36.5 Å². The third kappa shape index (κ3) is 2.07. The molecule has 2 atom stereocenters. The Morgan fingerprint density at radius 2 is 2.09 bits per heavy atom. The molecule has 0 radical (unpaired) electrons. The van der Waals surface area contributed by atoms with Gasteiger partial charge in [-0.05, 0) is 37.0 Å². The molecule has 22 heavy (non-hydrogen) atoms. The Bertz CT molecular complexity index is 889. The van der Waals surface area contributed by atoms with Gasteiger partial charge in [0, 0.05) is 23.2 Å². The minimum absolute atomic E-state index is 0.324. The van der Waals surface area contributed by atoms with Gasteiger partial charge in [0.05, 0.1) is 16.0 Å². The number of nitrogens with zero attached hydrogens (tertiary/aromatic N) is 1. The summed E-state index contributed by atoms with van der Waals surface area (Å²) < 4.78 is 39.1. The van der Waals surface area contributed by atoms with Crippen molar-refractivity contribution in [2.24, 2.45) is 0 Å². The maximum atomic E-state index is 14.4. The maximum Gasteiger partial charge on any atom is 0.159 e. The van der Waals surface area contributed by atoms with Crippen LogP contribution in [0.25, 0.3) is 16.5 Å². The number of hydrogen-bond acceptors (Lipinski definition) is 3. The van der Waals surface area contributed by atoms with Crippen molar-refractivity contribution in [1.82, 2.24) is 4.98 Å². The van der Waals surface area contributed by atoms with E-state index in [1.165, 1.54) is 6.07 Å². The molecule has 4 rings (SSSR count). The summed E-state index contributed by atoms with van der Waals surface area (Å²) in [6.07, 6.45) is 6.10. The van der Waals surface area contributed by atoms with Crippen LogP contribution in [0.1, 0.15) is 31.2 Å². The number of allylic oxidation sites excluding steroid dienone is 1. The van der Waals surface area contributed by atoms with Gasteiger partial charge in [-0.2, -0.15) is 0 Å². The molecule has 2 aliphatic heterocycles. The van der Waals surface area contributed by atoms with Crippen LogP contribution in [0.2, 0.25) is 0 Å². The van der Waals surface area contributed by atoms with Crippen LogP contribution in [0, 0.1) is 5.82 Å². The van der Waals surface area contributed by atoms with Crippen molar-refractivity contribution in [3.63, 3.8) is 0 Å². The molecule has 0 amide bonds. The Kier molecular flexibility index (Phi) is 3.08. The lowest BCUT2D eigenvalue weighted by Gasteiger charge is -2.33. The third-order valence-electron chi connectivity index (χ3n) is 4.77. The van der Waals surface area contributed by atoms with E-state index in [9.17, 15) is 12.8 Å². The fraction of sp³-hybridized carbons (Fsp3) is 0.353. The SMILES string of the molecule is O=S1(=O)C2C=C(c3cc4cccnc4cc3F)CC1CCC2. The molecule has 3 nitrogen and oxygen atoms in total. The summed E-state index contributed by atoms with van der Waals surface area (Å²) >= 11 is 0. The molecule has 1 aromatic carbocycles.